The first-order valence-corrected chi connectivity index (χ1v) is 6.95. The number of likely N-dealkylation sites (tertiary alicyclic amines) is 1. The van der Waals surface area contributed by atoms with E-state index in [1.54, 1.807) is 12.3 Å². The van der Waals surface area contributed by atoms with Crippen LogP contribution in [0.4, 0.5) is 4.79 Å². The van der Waals surface area contributed by atoms with Gasteiger partial charge in [0.1, 0.15) is 11.9 Å². The summed E-state index contributed by atoms with van der Waals surface area (Å²) in [6.45, 7) is 1.46. The molecule has 1 fully saturated rings. The van der Waals surface area contributed by atoms with Gasteiger partial charge in [-0.2, -0.15) is 0 Å². The highest BCUT2D eigenvalue weighted by Crippen LogP contribution is 2.10. The molecule has 1 atom stereocenters. The molecule has 0 spiro atoms. The first-order valence-electron chi connectivity index (χ1n) is 6.95. The third-order valence-electron chi connectivity index (χ3n) is 3.12. The largest absolute Gasteiger partial charge is 0.465 e. The van der Waals surface area contributed by atoms with Crippen LogP contribution in [0, 0.1) is 0 Å². The monoisotopic (exact) mass is 296 g/mol. The standard InChI is InChI=1S/C8H13N3O.C6H11NO2/c1-11(2)5-6-3-4-10-8(9)7(6)12;8-6(9)7-4-2-1-3-5-7/h3-5,7,12H,1-2H3,(H2,9,10);1-5H2,(H,8,9). The number of nitrogens with zero attached hydrogens (tertiary/aromatic N) is 3. The number of hydrogen-bond acceptors (Lipinski definition) is 5. The van der Waals surface area contributed by atoms with Crippen LogP contribution < -0.4 is 5.73 Å². The molecule has 0 saturated carbocycles. The van der Waals surface area contributed by atoms with Crippen molar-refractivity contribution in [1.82, 2.24) is 9.80 Å². The van der Waals surface area contributed by atoms with E-state index in [2.05, 4.69) is 4.99 Å². The number of hydrogen-bond donors (Lipinski definition) is 3. The van der Waals surface area contributed by atoms with Crippen molar-refractivity contribution in [3.8, 4) is 0 Å². The van der Waals surface area contributed by atoms with Gasteiger partial charge in [0.2, 0.25) is 0 Å². The van der Waals surface area contributed by atoms with Crippen molar-refractivity contribution in [2.75, 3.05) is 27.2 Å². The van der Waals surface area contributed by atoms with Gasteiger partial charge in [-0.3, -0.25) is 0 Å². The van der Waals surface area contributed by atoms with Crippen molar-refractivity contribution in [3.63, 3.8) is 0 Å². The molecule has 2 aliphatic heterocycles. The first kappa shape index (κ1) is 17.0. The summed E-state index contributed by atoms with van der Waals surface area (Å²) in [5.74, 6) is 0.241. The van der Waals surface area contributed by atoms with Crippen LogP contribution in [0.15, 0.2) is 29.0 Å². The van der Waals surface area contributed by atoms with Crippen molar-refractivity contribution in [3.05, 3.63) is 24.0 Å². The second-order valence-electron chi connectivity index (χ2n) is 5.20. The maximum Gasteiger partial charge on any atom is 0.407 e. The smallest absolute Gasteiger partial charge is 0.407 e. The Hall–Kier alpha value is -2.02. The van der Waals surface area contributed by atoms with Gasteiger partial charge in [-0.1, -0.05) is 0 Å². The van der Waals surface area contributed by atoms with Gasteiger partial charge in [-0.05, 0) is 25.3 Å². The van der Waals surface area contributed by atoms with Crippen LogP contribution in [0.25, 0.3) is 0 Å². The highest BCUT2D eigenvalue weighted by molar-refractivity contribution is 5.89. The number of rotatable bonds is 1. The lowest BCUT2D eigenvalue weighted by Crippen LogP contribution is -2.34. The van der Waals surface area contributed by atoms with E-state index in [4.69, 9.17) is 10.8 Å². The second kappa shape index (κ2) is 8.31. The summed E-state index contributed by atoms with van der Waals surface area (Å²) in [6.07, 6.45) is 6.84. The van der Waals surface area contributed by atoms with Crippen LogP contribution in [0.5, 0.6) is 0 Å². The SMILES string of the molecule is CN(C)C=C1C=CN=C(N)C1O.O=C(O)N1CCCCC1. The maximum atomic E-state index is 10.3. The highest BCUT2D eigenvalue weighted by atomic mass is 16.4. The van der Waals surface area contributed by atoms with E-state index in [0.29, 0.717) is 0 Å². The van der Waals surface area contributed by atoms with E-state index in [9.17, 15) is 9.90 Å². The maximum absolute atomic E-state index is 10.3. The summed E-state index contributed by atoms with van der Waals surface area (Å²) in [5, 5.41) is 17.9. The number of amides is 1. The number of amidine groups is 1. The zero-order chi connectivity index (χ0) is 15.8. The van der Waals surface area contributed by atoms with Crippen molar-refractivity contribution < 1.29 is 15.0 Å². The minimum Gasteiger partial charge on any atom is -0.465 e. The fraction of sp³-hybridized carbons (Fsp3) is 0.571. The molecule has 0 aromatic carbocycles. The molecule has 1 saturated heterocycles. The summed E-state index contributed by atoms with van der Waals surface area (Å²) in [7, 11) is 3.77. The molecular weight excluding hydrogens is 272 g/mol. The number of carboxylic acid groups (broad SMARTS) is 1. The molecule has 0 aliphatic carbocycles. The van der Waals surface area contributed by atoms with Gasteiger partial charge in [0.05, 0.1) is 0 Å². The van der Waals surface area contributed by atoms with Gasteiger partial charge in [-0.25, -0.2) is 9.79 Å². The Kier molecular flexibility index (Phi) is 6.74. The molecule has 0 radical (unpaired) electrons. The fourth-order valence-corrected chi connectivity index (χ4v) is 2.04. The van der Waals surface area contributed by atoms with E-state index >= 15 is 0 Å². The van der Waals surface area contributed by atoms with Crippen molar-refractivity contribution >= 4 is 11.9 Å². The van der Waals surface area contributed by atoms with E-state index in [0.717, 1.165) is 31.5 Å². The third-order valence-corrected chi connectivity index (χ3v) is 3.12. The molecule has 0 bridgehead atoms. The van der Waals surface area contributed by atoms with E-state index in [1.165, 1.54) is 11.3 Å². The molecule has 4 N–H and O–H groups in total. The molecule has 1 unspecified atom stereocenters. The summed E-state index contributed by atoms with van der Waals surface area (Å²) in [4.78, 5) is 17.4. The lowest BCUT2D eigenvalue weighted by molar-refractivity contribution is 0.136. The Balaban J connectivity index is 0.000000219. The van der Waals surface area contributed by atoms with Gasteiger partial charge in [0.15, 0.2) is 0 Å². The van der Waals surface area contributed by atoms with Crippen LogP contribution in [0.3, 0.4) is 0 Å². The Labute approximate surface area is 125 Å². The average molecular weight is 296 g/mol. The number of piperidine rings is 1. The predicted molar refractivity (Wildman–Crippen MR) is 82.0 cm³/mol. The van der Waals surface area contributed by atoms with E-state index in [-0.39, 0.29) is 5.84 Å². The molecule has 118 valence electrons. The molecule has 1 amide bonds. The average Bonchev–Trinajstić information content (AvgIpc) is 2.45. The fourth-order valence-electron chi connectivity index (χ4n) is 2.04. The van der Waals surface area contributed by atoms with Crippen LogP contribution >= 0.6 is 0 Å². The Bertz CT molecular complexity index is 438. The topological polar surface area (TPSA) is 102 Å². The minimum absolute atomic E-state index is 0.241. The zero-order valence-electron chi connectivity index (χ0n) is 12.6. The normalized spacial score (nSPS) is 23.2. The number of aliphatic hydroxyl groups is 1. The summed E-state index contributed by atoms with van der Waals surface area (Å²) in [6, 6.07) is 0. The summed E-state index contributed by atoms with van der Waals surface area (Å²) >= 11 is 0. The van der Waals surface area contributed by atoms with Crippen LogP contribution in [-0.2, 0) is 0 Å². The van der Waals surface area contributed by atoms with Crippen LogP contribution in [0.1, 0.15) is 19.3 Å². The predicted octanol–water partition coefficient (Wildman–Crippen LogP) is 0.828. The number of aliphatic hydroxyl groups excluding tert-OH is 1. The Morgan fingerprint density at radius 2 is 2.05 bits per heavy atom. The number of carbonyl (C=O) groups is 1. The number of nitrogens with two attached hydrogens (primary N) is 1. The van der Waals surface area contributed by atoms with Crippen molar-refractivity contribution in [1.29, 1.82) is 0 Å². The van der Waals surface area contributed by atoms with Gasteiger partial charge >= 0.3 is 6.09 Å². The molecule has 2 heterocycles. The quantitative estimate of drug-likeness (QED) is 0.665. The van der Waals surface area contributed by atoms with E-state index < -0.39 is 12.2 Å². The molecule has 7 nitrogen and oxygen atoms in total. The second-order valence-corrected chi connectivity index (χ2v) is 5.20. The lowest BCUT2D eigenvalue weighted by Gasteiger charge is -2.22. The highest BCUT2D eigenvalue weighted by Gasteiger charge is 2.15. The van der Waals surface area contributed by atoms with Gasteiger partial charge < -0.3 is 25.7 Å². The molecule has 21 heavy (non-hydrogen) atoms. The van der Waals surface area contributed by atoms with Crippen molar-refractivity contribution in [2.24, 2.45) is 10.7 Å². The van der Waals surface area contributed by atoms with Crippen LogP contribution in [0.2, 0.25) is 0 Å². The minimum atomic E-state index is -0.769. The van der Waals surface area contributed by atoms with Gasteiger partial charge in [0.25, 0.3) is 0 Å². The Morgan fingerprint density at radius 1 is 1.43 bits per heavy atom. The molecule has 0 aromatic rings. The molecule has 2 aliphatic rings. The lowest BCUT2D eigenvalue weighted by atomic mass is 10.1. The Morgan fingerprint density at radius 3 is 2.52 bits per heavy atom. The summed E-state index contributed by atoms with van der Waals surface area (Å²) < 4.78 is 0. The van der Waals surface area contributed by atoms with Crippen LogP contribution in [-0.4, -0.2) is 65.2 Å². The molecule has 2 rings (SSSR count). The van der Waals surface area contributed by atoms with Crippen molar-refractivity contribution in [2.45, 2.75) is 25.4 Å². The summed E-state index contributed by atoms with van der Waals surface area (Å²) in [5.41, 5.74) is 6.19. The molecular formula is C14H24N4O3. The third kappa shape index (κ3) is 5.86. The molecule has 0 aromatic heterocycles. The number of aliphatic imine (C=N–C) groups is 1. The van der Waals surface area contributed by atoms with Gasteiger partial charge in [0, 0.05) is 45.2 Å². The first-order chi connectivity index (χ1) is 9.91. The van der Waals surface area contributed by atoms with Gasteiger partial charge in [-0.15, -0.1) is 0 Å². The molecule has 7 heteroatoms. The van der Waals surface area contributed by atoms with E-state index in [1.807, 2.05) is 25.2 Å². The zero-order valence-corrected chi connectivity index (χ0v) is 12.6.